The van der Waals surface area contributed by atoms with E-state index in [1.807, 2.05) is 11.8 Å². The van der Waals surface area contributed by atoms with Crippen LogP contribution in [-0.4, -0.2) is 66.7 Å². The highest BCUT2D eigenvalue weighted by Crippen LogP contribution is 2.26. The van der Waals surface area contributed by atoms with E-state index in [2.05, 4.69) is 33.9 Å². The van der Waals surface area contributed by atoms with E-state index in [1.165, 1.54) is 0 Å². The maximum absolute atomic E-state index is 11.6. The molecule has 0 aliphatic carbocycles. The Morgan fingerprint density at radius 1 is 1.19 bits per heavy atom. The van der Waals surface area contributed by atoms with E-state index >= 15 is 0 Å². The van der Waals surface area contributed by atoms with Crippen molar-refractivity contribution in [2.75, 3.05) is 26.3 Å². The molecular formula is C18H25N7O2. The van der Waals surface area contributed by atoms with Crippen LogP contribution in [0.2, 0.25) is 0 Å². The van der Waals surface area contributed by atoms with Crippen LogP contribution in [0.25, 0.3) is 16.7 Å². The molecule has 4 rings (SSSR count). The Morgan fingerprint density at radius 2 is 2.00 bits per heavy atom. The number of hydrogen-bond acceptors (Lipinski definition) is 6. The third-order valence-electron chi connectivity index (χ3n) is 5.40. The molecule has 0 N–H and O–H groups in total. The fourth-order valence-corrected chi connectivity index (χ4v) is 3.81. The molecule has 1 aliphatic heterocycles. The summed E-state index contributed by atoms with van der Waals surface area (Å²) in [6.07, 6.45) is 2.46. The quantitative estimate of drug-likeness (QED) is 0.581. The third-order valence-corrected chi connectivity index (χ3v) is 5.40. The lowest BCUT2D eigenvalue weighted by Gasteiger charge is -2.16. The molecule has 0 atom stereocenters. The molecule has 9 nitrogen and oxygen atoms in total. The van der Waals surface area contributed by atoms with Crippen molar-refractivity contribution < 1.29 is 9.53 Å². The third kappa shape index (κ3) is 3.05. The Balaban J connectivity index is 1.52. The van der Waals surface area contributed by atoms with Gasteiger partial charge in [-0.15, -0.1) is 5.10 Å². The summed E-state index contributed by atoms with van der Waals surface area (Å²) in [5.74, 6) is 1.24. The van der Waals surface area contributed by atoms with Crippen LogP contribution in [0, 0.1) is 13.8 Å². The Hall–Kier alpha value is -2.55. The highest BCUT2D eigenvalue weighted by atomic mass is 16.5. The number of amides is 1. The van der Waals surface area contributed by atoms with Crippen molar-refractivity contribution >= 4 is 22.6 Å². The molecular weight excluding hydrogens is 346 g/mol. The number of imidazole rings is 1. The first-order chi connectivity index (χ1) is 13.1. The summed E-state index contributed by atoms with van der Waals surface area (Å²) in [5, 5.41) is 12.0. The van der Waals surface area contributed by atoms with Crippen LogP contribution in [-0.2, 0) is 22.5 Å². The second-order valence-electron chi connectivity index (χ2n) is 6.95. The zero-order valence-corrected chi connectivity index (χ0v) is 16.1. The molecule has 0 radical (unpaired) electrons. The number of likely N-dealkylation sites (tertiary alicyclic amines) is 1. The van der Waals surface area contributed by atoms with Crippen LogP contribution >= 0.6 is 0 Å². The number of fused-ring (bicyclic) bond motifs is 3. The van der Waals surface area contributed by atoms with Gasteiger partial charge in [0.15, 0.2) is 0 Å². The average Bonchev–Trinajstić information content (AvgIpc) is 3.38. The predicted molar refractivity (Wildman–Crippen MR) is 99.6 cm³/mol. The largest absolute Gasteiger partial charge is 0.378 e. The highest BCUT2D eigenvalue weighted by molar-refractivity contribution is 5.91. The lowest BCUT2D eigenvalue weighted by molar-refractivity contribution is -0.128. The minimum Gasteiger partial charge on any atom is -0.378 e. The van der Waals surface area contributed by atoms with Gasteiger partial charge < -0.3 is 14.2 Å². The molecule has 1 aliphatic rings. The SMILES string of the molecule is CCc1nc2c(c(C)c(C)n3nnnc23)n1CCOCCN1CCCC1=O. The number of ether oxygens (including phenoxy) is 1. The Kier molecular flexibility index (Phi) is 4.77. The van der Waals surface area contributed by atoms with E-state index in [-0.39, 0.29) is 5.91 Å². The number of hydrogen-bond donors (Lipinski definition) is 0. The molecule has 3 aromatic rings. The van der Waals surface area contributed by atoms with Gasteiger partial charge in [-0.05, 0) is 36.3 Å². The van der Waals surface area contributed by atoms with Crippen molar-refractivity contribution in [1.29, 1.82) is 0 Å². The fraction of sp³-hybridized carbons (Fsp3) is 0.611. The van der Waals surface area contributed by atoms with Crippen LogP contribution < -0.4 is 0 Å². The molecule has 1 amide bonds. The molecule has 1 fully saturated rings. The summed E-state index contributed by atoms with van der Waals surface area (Å²) in [6, 6.07) is 0. The monoisotopic (exact) mass is 371 g/mol. The lowest BCUT2D eigenvalue weighted by Crippen LogP contribution is -2.28. The first-order valence-electron chi connectivity index (χ1n) is 9.53. The Morgan fingerprint density at radius 3 is 2.74 bits per heavy atom. The first kappa shape index (κ1) is 17.8. The zero-order valence-electron chi connectivity index (χ0n) is 16.1. The molecule has 0 saturated carbocycles. The first-order valence-corrected chi connectivity index (χ1v) is 9.53. The Bertz CT molecular complexity index is 991. The molecule has 9 heteroatoms. The van der Waals surface area contributed by atoms with Crippen molar-refractivity contribution in [2.24, 2.45) is 0 Å². The molecule has 0 unspecified atom stereocenters. The number of tetrazole rings is 1. The molecule has 0 spiro atoms. The molecule has 4 heterocycles. The Labute approximate surface area is 157 Å². The van der Waals surface area contributed by atoms with Crippen LogP contribution in [0.5, 0.6) is 0 Å². The van der Waals surface area contributed by atoms with Crippen LogP contribution in [0.15, 0.2) is 0 Å². The summed E-state index contributed by atoms with van der Waals surface area (Å²) >= 11 is 0. The zero-order chi connectivity index (χ0) is 19.0. The van der Waals surface area contributed by atoms with Gasteiger partial charge in [-0.1, -0.05) is 6.92 Å². The molecule has 0 aromatic carbocycles. The fourth-order valence-electron chi connectivity index (χ4n) is 3.81. The average molecular weight is 371 g/mol. The number of aryl methyl sites for hydroxylation is 3. The number of aromatic nitrogens is 6. The minimum absolute atomic E-state index is 0.240. The summed E-state index contributed by atoms with van der Waals surface area (Å²) < 4.78 is 9.78. The normalized spacial score (nSPS) is 14.9. The smallest absolute Gasteiger partial charge is 0.222 e. The maximum atomic E-state index is 11.6. The van der Waals surface area contributed by atoms with Crippen molar-refractivity contribution in [3.63, 3.8) is 0 Å². The van der Waals surface area contributed by atoms with Crippen LogP contribution in [0.1, 0.15) is 36.8 Å². The molecule has 27 heavy (non-hydrogen) atoms. The van der Waals surface area contributed by atoms with Crippen molar-refractivity contribution in [3.8, 4) is 0 Å². The van der Waals surface area contributed by atoms with Gasteiger partial charge in [0.05, 0.1) is 18.7 Å². The molecule has 144 valence electrons. The molecule has 1 saturated heterocycles. The highest BCUT2D eigenvalue weighted by Gasteiger charge is 2.20. The summed E-state index contributed by atoms with van der Waals surface area (Å²) in [6.45, 7) is 9.58. The number of carbonyl (C=O) groups excluding carboxylic acids is 1. The van der Waals surface area contributed by atoms with Gasteiger partial charge in [-0.25, -0.2) is 4.98 Å². The number of nitrogens with zero attached hydrogens (tertiary/aromatic N) is 7. The summed E-state index contributed by atoms with van der Waals surface area (Å²) in [5.41, 5.74) is 4.74. The standard InChI is InChI=1S/C18H25N7O2/c1-4-14-19-16-17(12(2)13(3)25-18(16)20-21-22-25)24(14)9-11-27-10-8-23-7-5-6-15(23)26/h4-11H2,1-3H3. The molecule has 3 aromatic heterocycles. The second kappa shape index (κ2) is 7.22. The van der Waals surface area contributed by atoms with Gasteiger partial charge in [-0.3, -0.25) is 4.79 Å². The number of carbonyl (C=O) groups is 1. The van der Waals surface area contributed by atoms with Gasteiger partial charge in [0, 0.05) is 38.2 Å². The van der Waals surface area contributed by atoms with Crippen molar-refractivity contribution in [2.45, 2.75) is 46.6 Å². The van der Waals surface area contributed by atoms with Gasteiger partial charge >= 0.3 is 0 Å². The van der Waals surface area contributed by atoms with E-state index in [1.54, 1.807) is 4.52 Å². The molecule has 0 bridgehead atoms. The number of rotatable bonds is 7. The van der Waals surface area contributed by atoms with Crippen LogP contribution in [0.3, 0.4) is 0 Å². The van der Waals surface area contributed by atoms with Gasteiger partial charge in [0.1, 0.15) is 11.3 Å². The number of pyridine rings is 1. The van der Waals surface area contributed by atoms with Crippen molar-refractivity contribution in [3.05, 3.63) is 17.1 Å². The van der Waals surface area contributed by atoms with E-state index in [4.69, 9.17) is 9.72 Å². The maximum Gasteiger partial charge on any atom is 0.222 e. The topological polar surface area (TPSA) is 90.4 Å². The predicted octanol–water partition coefficient (Wildman–Crippen LogP) is 1.29. The summed E-state index contributed by atoms with van der Waals surface area (Å²) in [7, 11) is 0. The lowest BCUT2D eigenvalue weighted by atomic mass is 10.2. The van der Waals surface area contributed by atoms with Crippen molar-refractivity contribution in [1.82, 2.24) is 34.5 Å². The van der Waals surface area contributed by atoms with E-state index in [0.29, 0.717) is 38.4 Å². The van der Waals surface area contributed by atoms with Gasteiger partial charge in [0.2, 0.25) is 11.6 Å². The van der Waals surface area contributed by atoms with E-state index < -0.39 is 0 Å². The second-order valence-corrected chi connectivity index (χ2v) is 6.95. The van der Waals surface area contributed by atoms with Gasteiger partial charge in [0.25, 0.3) is 0 Å². The van der Waals surface area contributed by atoms with Crippen LogP contribution in [0.4, 0.5) is 0 Å². The van der Waals surface area contributed by atoms with Gasteiger partial charge in [-0.2, -0.15) is 4.52 Å². The van der Waals surface area contributed by atoms with E-state index in [0.717, 1.165) is 47.5 Å². The summed E-state index contributed by atoms with van der Waals surface area (Å²) in [4.78, 5) is 18.3. The van der Waals surface area contributed by atoms with E-state index in [9.17, 15) is 4.79 Å². The minimum atomic E-state index is 0.240.